The number of hydrogen-bond donors (Lipinski definition) is 7. The summed E-state index contributed by atoms with van der Waals surface area (Å²) in [4.78, 5) is 62.3. The lowest BCUT2D eigenvalue weighted by Crippen LogP contribution is -2.58. The van der Waals surface area contributed by atoms with Crippen molar-refractivity contribution >= 4 is 41.6 Å². The molecule has 1 heterocycles. The van der Waals surface area contributed by atoms with Crippen LogP contribution in [0.3, 0.4) is 0 Å². The minimum absolute atomic E-state index is 0.0360. The Bertz CT molecular complexity index is 1100. The third kappa shape index (κ3) is 8.14. The number of rotatable bonds is 5. The van der Waals surface area contributed by atoms with E-state index in [1.807, 2.05) is 0 Å². The van der Waals surface area contributed by atoms with E-state index < -0.39 is 72.5 Å². The highest BCUT2D eigenvalue weighted by atomic mass is 32.2. The second kappa shape index (κ2) is 12.7. The van der Waals surface area contributed by atoms with Crippen LogP contribution in [0.4, 0.5) is 4.79 Å². The number of thioether (sulfide) groups is 1. The molecule has 1 aromatic rings. The number of alkyl carbamates (subject to hydrolysis) is 1. The fourth-order valence-corrected chi connectivity index (χ4v) is 4.36. The van der Waals surface area contributed by atoms with E-state index in [0.29, 0.717) is 0 Å². The molecule has 14 nitrogen and oxygen atoms in total. The normalized spacial score (nSPS) is 19.4. The van der Waals surface area contributed by atoms with Crippen molar-refractivity contribution < 1.29 is 53.9 Å². The van der Waals surface area contributed by atoms with E-state index >= 15 is 0 Å². The molecule has 0 bridgehead atoms. The van der Waals surface area contributed by atoms with E-state index in [9.17, 15) is 44.4 Å². The number of esters is 1. The predicted octanol–water partition coefficient (Wildman–Crippen LogP) is -0.250. The molecule has 0 saturated heterocycles. The number of aliphatic hydroxyl groups is 1. The number of carbonyl (C=O) groups is 5. The van der Waals surface area contributed by atoms with Crippen molar-refractivity contribution in [2.45, 2.75) is 57.2 Å². The summed E-state index contributed by atoms with van der Waals surface area (Å²) in [5.74, 6) is -5.46. The number of carboxylic acids is 1. The van der Waals surface area contributed by atoms with Gasteiger partial charge in [-0.1, -0.05) is 0 Å². The molecule has 1 aromatic carbocycles. The Balaban J connectivity index is 2.34. The number of nitrogens with one attached hydrogen (secondary N) is 3. The SMILES string of the molecule is Cc1c(O)cc(O)c2c1C(=O)OC[C@H](NC(=O)[C@H](CO)NC(=O)OC(C)(C)C)C(=O)N[C@H](C(=O)O)CSC2. The van der Waals surface area contributed by atoms with E-state index in [0.717, 1.165) is 17.8 Å². The highest BCUT2D eigenvalue weighted by Crippen LogP contribution is 2.35. The predicted molar refractivity (Wildman–Crippen MR) is 133 cm³/mol. The molecule has 15 heteroatoms. The zero-order chi connectivity index (χ0) is 28.8. The van der Waals surface area contributed by atoms with Gasteiger partial charge in [-0.2, -0.15) is 11.8 Å². The summed E-state index contributed by atoms with van der Waals surface area (Å²) in [6.07, 6.45) is -1.02. The number of phenols is 2. The molecule has 0 aliphatic carbocycles. The van der Waals surface area contributed by atoms with Crippen LogP contribution in [0.5, 0.6) is 11.5 Å². The number of carboxylic acid groups (broad SMARTS) is 1. The lowest BCUT2D eigenvalue weighted by molar-refractivity contribution is -0.141. The van der Waals surface area contributed by atoms with Crippen LogP contribution in [0.2, 0.25) is 0 Å². The molecule has 0 saturated carbocycles. The first-order chi connectivity index (χ1) is 17.6. The molecule has 7 N–H and O–H groups in total. The van der Waals surface area contributed by atoms with Gasteiger partial charge in [-0.3, -0.25) is 9.59 Å². The molecule has 0 fully saturated rings. The van der Waals surface area contributed by atoms with Crippen LogP contribution in [-0.2, 0) is 29.6 Å². The van der Waals surface area contributed by atoms with E-state index in [1.54, 1.807) is 20.8 Å². The van der Waals surface area contributed by atoms with Gasteiger partial charge in [0, 0.05) is 28.7 Å². The molecular formula is C23H31N3O11S. The number of carbonyl (C=O) groups excluding carboxylic acids is 4. The van der Waals surface area contributed by atoms with Crippen molar-refractivity contribution in [3.05, 3.63) is 22.8 Å². The molecular weight excluding hydrogens is 526 g/mol. The summed E-state index contributed by atoms with van der Waals surface area (Å²) in [6, 6.07) is -3.57. The number of amides is 3. The van der Waals surface area contributed by atoms with Crippen LogP contribution in [0.25, 0.3) is 0 Å². The van der Waals surface area contributed by atoms with Crippen molar-refractivity contribution in [3.63, 3.8) is 0 Å². The van der Waals surface area contributed by atoms with E-state index in [-0.39, 0.29) is 33.9 Å². The van der Waals surface area contributed by atoms with Crippen molar-refractivity contribution in [2.75, 3.05) is 19.0 Å². The van der Waals surface area contributed by atoms with Crippen molar-refractivity contribution in [1.82, 2.24) is 16.0 Å². The van der Waals surface area contributed by atoms with Gasteiger partial charge in [0.2, 0.25) is 11.8 Å². The summed E-state index contributed by atoms with van der Waals surface area (Å²) < 4.78 is 10.2. The molecule has 0 aromatic heterocycles. The van der Waals surface area contributed by atoms with Crippen LogP contribution < -0.4 is 16.0 Å². The smallest absolute Gasteiger partial charge is 0.408 e. The summed E-state index contributed by atoms with van der Waals surface area (Å²) in [7, 11) is 0. The maximum atomic E-state index is 12.9. The second-order valence-corrected chi connectivity index (χ2v) is 10.4. The zero-order valence-corrected chi connectivity index (χ0v) is 22.0. The largest absolute Gasteiger partial charge is 0.508 e. The first kappa shape index (κ1) is 30.5. The van der Waals surface area contributed by atoms with E-state index in [4.69, 9.17) is 9.47 Å². The first-order valence-electron chi connectivity index (χ1n) is 11.4. The highest BCUT2D eigenvalue weighted by Gasteiger charge is 2.33. The Morgan fingerprint density at radius 1 is 1.24 bits per heavy atom. The van der Waals surface area contributed by atoms with Gasteiger partial charge in [0.1, 0.15) is 41.8 Å². The molecule has 0 radical (unpaired) electrons. The fraction of sp³-hybridized carbons (Fsp3) is 0.522. The standard InChI is InChI=1S/C23H31N3O11S/c1-10-15(28)5-16(29)11-8-38-9-14(20(32)33)25-19(31)13(7-36-21(34)17(10)11)24-18(30)12(6-27)26-22(35)37-23(2,3)4/h5,12-14,27-29H,6-9H2,1-4H3,(H,24,30)(H,25,31)(H,26,35)(H,32,33)/t12-,13-,14-/m0/s1. The monoisotopic (exact) mass is 557 g/mol. The summed E-state index contributed by atoms with van der Waals surface area (Å²) in [6.45, 7) is 4.50. The molecule has 1 aliphatic rings. The van der Waals surface area contributed by atoms with Crippen molar-refractivity contribution in [2.24, 2.45) is 0 Å². The van der Waals surface area contributed by atoms with Gasteiger partial charge in [0.25, 0.3) is 0 Å². The Kier molecular flexibility index (Phi) is 10.2. The Morgan fingerprint density at radius 3 is 2.47 bits per heavy atom. The van der Waals surface area contributed by atoms with Crippen LogP contribution >= 0.6 is 11.8 Å². The lowest BCUT2D eigenvalue weighted by Gasteiger charge is -2.25. The molecule has 2 rings (SSSR count). The van der Waals surface area contributed by atoms with Gasteiger partial charge < -0.3 is 45.9 Å². The molecule has 38 heavy (non-hydrogen) atoms. The Hall–Kier alpha value is -3.72. The quantitative estimate of drug-likeness (QED) is 0.233. The molecule has 0 spiro atoms. The van der Waals surface area contributed by atoms with E-state index in [2.05, 4.69) is 16.0 Å². The minimum atomic E-state index is -1.64. The molecule has 1 aliphatic heterocycles. The number of phenolic OH excluding ortho intramolecular Hbond substituents is 2. The maximum absolute atomic E-state index is 12.9. The van der Waals surface area contributed by atoms with E-state index in [1.165, 1.54) is 6.92 Å². The number of aliphatic hydroxyl groups excluding tert-OH is 1. The summed E-state index contributed by atoms with van der Waals surface area (Å²) >= 11 is 0.988. The topological polar surface area (TPSA) is 221 Å². The number of ether oxygens (including phenoxy) is 2. The third-order valence-electron chi connectivity index (χ3n) is 5.20. The number of aliphatic carboxylic acids is 1. The molecule has 0 unspecified atom stereocenters. The second-order valence-electron chi connectivity index (χ2n) is 9.35. The highest BCUT2D eigenvalue weighted by molar-refractivity contribution is 7.98. The maximum Gasteiger partial charge on any atom is 0.408 e. The van der Waals surface area contributed by atoms with Crippen LogP contribution in [-0.4, -0.2) is 93.0 Å². The molecule has 3 amide bonds. The van der Waals surface area contributed by atoms with Gasteiger partial charge in [-0.05, 0) is 27.7 Å². The fourth-order valence-electron chi connectivity index (χ4n) is 3.29. The minimum Gasteiger partial charge on any atom is -0.508 e. The van der Waals surface area contributed by atoms with Crippen LogP contribution in [0.1, 0.15) is 42.3 Å². The average molecular weight is 558 g/mol. The summed E-state index contributed by atoms with van der Waals surface area (Å²) in [5.41, 5.74) is -0.896. The average Bonchev–Trinajstić information content (AvgIpc) is 2.80. The molecule has 3 atom stereocenters. The van der Waals surface area contributed by atoms with Crippen LogP contribution in [0, 0.1) is 6.92 Å². The lowest BCUT2D eigenvalue weighted by atomic mass is 10.0. The number of cyclic esters (lactones) is 1. The third-order valence-corrected chi connectivity index (χ3v) is 6.26. The van der Waals surface area contributed by atoms with Gasteiger partial charge in [0.15, 0.2) is 0 Å². The van der Waals surface area contributed by atoms with Gasteiger partial charge in [-0.15, -0.1) is 0 Å². The number of benzene rings is 1. The first-order valence-corrected chi connectivity index (χ1v) is 12.5. The van der Waals surface area contributed by atoms with Crippen LogP contribution in [0.15, 0.2) is 6.07 Å². The van der Waals surface area contributed by atoms with Gasteiger partial charge in [0.05, 0.1) is 12.2 Å². The zero-order valence-electron chi connectivity index (χ0n) is 21.2. The molecule has 210 valence electrons. The van der Waals surface area contributed by atoms with Crippen molar-refractivity contribution in [1.29, 1.82) is 0 Å². The van der Waals surface area contributed by atoms with Gasteiger partial charge in [-0.25, -0.2) is 14.4 Å². The number of hydrogen-bond acceptors (Lipinski definition) is 11. The Morgan fingerprint density at radius 2 is 1.89 bits per heavy atom. The Labute approximate surface area is 222 Å². The van der Waals surface area contributed by atoms with Gasteiger partial charge >= 0.3 is 18.0 Å². The van der Waals surface area contributed by atoms with Crippen molar-refractivity contribution in [3.8, 4) is 11.5 Å². The number of fused-ring (bicyclic) bond motifs is 1. The summed E-state index contributed by atoms with van der Waals surface area (Å²) in [5, 5.41) is 46.1. The number of aromatic hydroxyl groups is 2.